The highest BCUT2D eigenvalue weighted by molar-refractivity contribution is 7.92. The summed E-state index contributed by atoms with van der Waals surface area (Å²) in [7, 11) is -2.10. The van der Waals surface area contributed by atoms with Crippen LogP contribution in [0, 0.1) is 5.82 Å². The fourth-order valence-electron chi connectivity index (χ4n) is 1.80. The lowest BCUT2D eigenvalue weighted by molar-refractivity contribution is 0.593. The molecule has 0 heterocycles. The van der Waals surface area contributed by atoms with Gasteiger partial charge in [0.25, 0.3) is 0 Å². The van der Waals surface area contributed by atoms with Crippen molar-refractivity contribution in [3.8, 4) is 0 Å². The van der Waals surface area contributed by atoms with Crippen LogP contribution in [0.1, 0.15) is 5.56 Å². The van der Waals surface area contributed by atoms with Crippen LogP contribution < -0.4 is 10.0 Å². The Hall–Kier alpha value is -2.08. The largest absolute Gasteiger partial charge is 0.399 e. The number of benzene rings is 2. The minimum Gasteiger partial charge on any atom is -0.399 e. The highest BCUT2D eigenvalue weighted by Gasteiger charge is 2.19. The van der Waals surface area contributed by atoms with Crippen LogP contribution >= 0.6 is 0 Å². The number of anilines is 2. The van der Waals surface area contributed by atoms with Crippen molar-refractivity contribution in [2.75, 3.05) is 17.1 Å². The van der Waals surface area contributed by atoms with Crippen molar-refractivity contribution < 1.29 is 12.8 Å². The standard InChI is InChI=1S/C14H15FN2O2S/c1-17(14-7-5-12(15)6-8-14)20(18,19)10-11-3-2-4-13(16)9-11/h2-9H,10,16H2,1H3. The molecule has 0 saturated carbocycles. The van der Waals surface area contributed by atoms with Gasteiger partial charge in [-0.1, -0.05) is 12.1 Å². The molecule has 0 aliphatic carbocycles. The summed E-state index contributed by atoms with van der Waals surface area (Å²) in [5.41, 5.74) is 7.17. The summed E-state index contributed by atoms with van der Waals surface area (Å²) in [6.45, 7) is 0. The molecule has 0 aliphatic heterocycles. The number of nitrogens with two attached hydrogens (primary N) is 1. The summed E-state index contributed by atoms with van der Waals surface area (Å²) >= 11 is 0. The molecule has 0 saturated heterocycles. The van der Waals surface area contributed by atoms with Gasteiger partial charge in [0.15, 0.2) is 0 Å². The molecular weight excluding hydrogens is 279 g/mol. The Labute approximate surface area is 117 Å². The smallest absolute Gasteiger partial charge is 0.239 e. The first-order valence-corrected chi connectivity index (χ1v) is 7.56. The van der Waals surface area contributed by atoms with Gasteiger partial charge in [-0.2, -0.15) is 0 Å². The first kappa shape index (κ1) is 14.3. The van der Waals surface area contributed by atoms with E-state index in [9.17, 15) is 12.8 Å². The predicted molar refractivity (Wildman–Crippen MR) is 78.3 cm³/mol. The van der Waals surface area contributed by atoms with Crippen molar-refractivity contribution in [3.63, 3.8) is 0 Å². The second kappa shape index (κ2) is 5.50. The summed E-state index contributed by atoms with van der Waals surface area (Å²) in [5.74, 6) is -0.568. The third-order valence-corrected chi connectivity index (χ3v) is 4.65. The van der Waals surface area contributed by atoms with Crippen LogP contribution in [0.15, 0.2) is 48.5 Å². The Balaban J connectivity index is 2.24. The Kier molecular flexibility index (Phi) is 3.94. The number of hydrogen-bond donors (Lipinski definition) is 1. The molecule has 2 N–H and O–H groups in total. The third kappa shape index (κ3) is 3.27. The molecule has 0 amide bonds. The van der Waals surface area contributed by atoms with Crippen LogP contribution in [0.4, 0.5) is 15.8 Å². The Morgan fingerprint density at radius 1 is 1.15 bits per heavy atom. The van der Waals surface area contributed by atoms with Crippen molar-refractivity contribution in [1.82, 2.24) is 0 Å². The zero-order chi connectivity index (χ0) is 14.8. The molecule has 0 aromatic heterocycles. The predicted octanol–water partition coefficient (Wildman–Crippen LogP) is 2.37. The molecule has 20 heavy (non-hydrogen) atoms. The monoisotopic (exact) mass is 294 g/mol. The van der Waals surface area contributed by atoms with Crippen molar-refractivity contribution in [2.24, 2.45) is 0 Å². The van der Waals surface area contributed by atoms with Crippen molar-refractivity contribution in [3.05, 3.63) is 59.9 Å². The normalized spacial score (nSPS) is 11.3. The van der Waals surface area contributed by atoms with E-state index in [1.165, 1.54) is 31.3 Å². The summed E-state index contributed by atoms with van der Waals surface area (Å²) < 4.78 is 38.6. The topological polar surface area (TPSA) is 63.4 Å². The second-order valence-electron chi connectivity index (χ2n) is 4.45. The zero-order valence-electron chi connectivity index (χ0n) is 11.0. The minimum atomic E-state index is -3.54. The molecule has 0 radical (unpaired) electrons. The fourth-order valence-corrected chi connectivity index (χ4v) is 3.04. The highest BCUT2D eigenvalue weighted by atomic mass is 32.2. The minimum absolute atomic E-state index is 0.161. The number of nitrogens with zero attached hydrogens (tertiary/aromatic N) is 1. The van der Waals surface area contributed by atoms with Gasteiger partial charge in [0.2, 0.25) is 10.0 Å². The molecule has 0 unspecified atom stereocenters. The zero-order valence-corrected chi connectivity index (χ0v) is 11.8. The van der Waals surface area contributed by atoms with Gasteiger partial charge in [-0.05, 0) is 42.0 Å². The lowest BCUT2D eigenvalue weighted by atomic mass is 10.2. The van der Waals surface area contributed by atoms with Gasteiger partial charge in [0.05, 0.1) is 11.4 Å². The highest BCUT2D eigenvalue weighted by Crippen LogP contribution is 2.20. The Bertz CT molecular complexity index is 699. The summed E-state index contributed by atoms with van der Waals surface area (Å²) in [6.07, 6.45) is 0. The van der Waals surface area contributed by atoms with E-state index >= 15 is 0 Å². The molecule has 0 atom stereocenters. The van der Waals surface area contributed by atoms with Crippen molar-refractivity contribution >= 4 is 21.4 Å². The van der Waals surface area contributed by atoms with Crippen LogP contribution in [0.2, 0.25) is 0 Å². The van der Waals surface area contributed by atoms with Crippen molar-refractivity contribution in [2.45, 2.75) is 5.75 Å². The van der Waals surface area contributed by atoms with E-state index in [0.717, 1.165) is 4.31 Å². The molecular formula is C14H15FN2O2S. The molecule has 2 rings (SSSR count). The number of rotatable bonds is 4. The second-order valence-corrected chi connectivity index (χ2v) is 6.45. The van der Waals surface area contributed by atoms with Gasteiger partial charge >= 0.3 is 0 Å². The maximum absolute atomic E-state index is 12.9. The number of halogens is 1. The third-order valence-electron chi connectivity index (χ3n) is 2.91. The van der Waals surface area contributed by atoms with Crippen molar-refractivity contribution in [1.29, 1.82) is 0 Å². The number of hydrogen-bond acceptors (Lipinski definition) is 3. The van der Waals surface area contributed by atoms with E-state index in [2.05, 4.69) is 0 Å². The molecule has 106 valence electrons. The number of nitrogen functional groups attached to an aromatic ring is 1. The quantitative estimate of drug-likeness (QED) is 0.881. The maximum Gasteiger partial charge on any atom is 0.239 e. The maximum atomic E-state index is 12.9. The molecule has 2 aromatic carbocycles. The van der Waals surface area contributed by atoms with Gasteiger partial charge in [-0.3, -0.25) is 4.31 Å². The molecule has 0 fully saturated rings. The number of sulfonamides is 1. The van der Waals surface area contributed by atoms with E-state index < -0.39 is 15.8 Å². The van der Waals surface area contributed by atoms with Crippen LogP contribution in [-0.4, -0.2) is 15.5 Å². The van der Waals surface area contributed by atoms with E-state index in [0.29, 0.717) is 16.9 Å². The van der Waals surface area contributed by atoms with Crippen LogP contribution in [-0.2, 0) is 15.8 Å². The SMILES string of the molecule is CN(c1ccc(F)cc1)S(=O)(=O)Cc1cccc(N)c1. The molecule has 4 nitrogen and oxygen atoms in total. The first-order valence-electron chi connectivity index (χ1n) is 5.95. The molecule has 0 aliphatic rings. The average molecular weight is 294 g/mol. The van der Waals surface area contributed by atoms with Gasteiger partial charge in [-0.25, -0.2) is 12.8 Å². The van der Waals surface area contributed by atoms with E-state index in [-0.39, 0.29) is 5.75 Å². The Morgan fingerprint density at radius 2 is 1.80 bits per heavy atom. The molecule has 2 aromatic rings. The van der Waals surface area contributed by atoms with Gasteiger partial charge in [0, 0.05) is 12.7 Å². The average Bonchev–Trinajstić information content (AvgIpc) is 2.38. The van der Waals surface area contributed by atoms with Gasteiger partial charge < -0.3 is 5.73 Å². The first-order chi connectivity index (χ1) is 9.38. The molecule has 6 heteroatoms. The van der Waals surface area contributed by atoms with E-state index in [1.54, 1.807) is 24.3 Å². The molecule has 0 spiro atoms. The van der Waals surface area contributed by atoms with Crippen LogP contribution in [0.25, 0.3) is 0 Å². The van der Waals surface area contributed by atoms with Crippen LogP contribution in [0.3, 0.4) is 0 Å². The fraction of sp³-hybridized carbons (Fsp3) is 0.143. The van der Waals surface area contributed by atoms with E-state index in [1.807, 2.05) is 0 Å². The lowest BCUT2D eigenvalue weighted by Gasteiger charge is -2.19. The van der Waals surface area contributed by atoms with Crippen LogP contribution in [0.5, 0.6) is 0 Å². The lowest BCUT2D eigenvalue weighted by Crippen LogP contribution is -2.27. The van der Waals surface area contributed by atoms with E-state index in [4.69, 9.17) is 5.73 Å². The Morgan fingerprint density at radius 3 is 2.40 bits per heavy atom. The summed E-state index contributed by atoms with van der Waals surface area (Å²) in [4.78, 5) is 0. The molecule has 0 bridgehead atoms. The summed E-state index contributed by atoms with van der Waals surface area (Å²) in [6, 6.07) is 12.0. The van der Waals surface area contributed by atoms with Gasteiger partial charge in [-0.15, -0.1) is 0 Å². The van der Waals surface area contributed by atoms with Gasteiger partial charge in [0.1, 0.15) is 5.82 Å². The summed E-state index contributed by atoms with van der Waals surface area (Å²) in [5, 5.41) is 0.